The van der Waals surface area contributed by atoms with Crippen molar-refractivity contribution in [2.45, 2.75) is 50.4 Å². The van der Waals surface area contributed by atoms with E-state index in [9.17, 15) is 14.7 Å². The summed E-state index contributed by atoms with van der Waals surface area (Å²) >= 11 is 0. The molecule has 2 N–H and O–H groups in total. The van der Waals surface area contributed by atoms with Crippen LogP contribution in [0, 0.1) is 35.0 Å². The van der Waals surface area contributed by atoms with Gasteiger partial charge in [0.1, 0.15) is 0 Å². The topological polar surface area (TPSA) is 66.4 Å². The van der Waals surface area contributed by atoms with Crippen molar-refractivity contribution in [2.24, 2.45) is 35.0 Å². The van der Waals surface area contributed by atoms with Crippen LogP contribution >= 0.6 is 0 Å². The first kappa shape index (κ1) is 22.6. The average molecular weight is 470 g/mol. The zero-order valence-corrected chi connectivity index (χ0v) is 20.2. The first-order valence-electron chi connectivity index (χ1n) is 13.3. The second-order valence-electron chi connectivity index (χ2n) is 11.8. The minimum absolute atomic E-state index is 0.104. The lowest BCUT2D eigenvalue weighted by Crippen LogP contribution is -2.53. The quantitative estimate of drug-likeness (QED) is 0.528. The highest BCUT2D eigenvalue weighted by atomic mass is 16.4. The Balaban J connectivity index is 1.30. The number of carboxylic acid groups (broad SMARTS) is 1. The maximum Gasteiger partial charge on any atom is 0.308 e. The number of benzene rings is 2. The van der Waals surface area contributed by atoms with Gasteiger partial charge in [-0.25, -0.2) is 0 Å². The lowest BCUT2D eigenvalue weighted by molar-refractivity contribution is -0.149. The summed E-state index contributed by atoms with van der Waals surface area (Å²) in [5, 5.41) is 13.8. The molecule has 2 aromatic carbocycles. The van der Waals surface area contributed by atoms with Gasteiger partial charge in [-0.2, -0.15) is 0 Å². The van der Waals surface area contributed by atoms with Crippen LogP contribution in [0.4, 0.5) is 0 Å². The van der Waals surface area contributed by atoms with Gasteiger partial charge in [-0.1, -0.05) is 72.8 Å². The van der Waals surface area contributed by atoms with Gasteiger partial charge in [0.25, 0.3) is 0 Å². The van der Waals surface area contributed by atoms with E-state index in [1.165, 1.54) is 38.5 Å². The third-order valence-electron chi connectivity index (χ3n) is 9.45. The third-order valence-corrected chi connectivity index (χ3v) is 9.45. The zero-order valence-electron chi connectivity index (χ0n) is 20.2. The molecule has 4 saturated carbocycles. The van der Waals surface area contributed by atoms with E-state index < -0.39 is 17.8 Å². The minimum atomic E-state index is -0.904. The van der Waals surface area contributed by atoms with E-state index >= 15 is 0 Å². The number of amides is 1. The molecule has 0 heterocycles. The van der Waals surface area contributed by atoms with Gasteiger partial charge in [0.05, 0.1) is 11.8 Å². The molecule has 4 atom stereocenters. The first-order valence-corrected chi connectivity index (χ1v) is 13.3. The molecule has 5 aliphatic carbocycles. The lowest BCUT2D eigenvalue weighted by atomic mass is 9.49. The van der Waals surface area contributed by atoms with Gasteiger partial charge < -0.3 is 10.4 Å². The van der Waals surface area contributed by atoms with Crippen LogP contribution in [0.15, 0.2) is 72.8 Å². The van der Waals surface area contributed by atoms with Crippen LogP contribution < -0.4 is 5.32 Å². The van der Waals surface area contributed by atoms with Crippen LogP contribution in [0.1, 0.15) is 61.5 Å². The van der Waals surface area contributed by atoms with Gasteiger partial charge in [-0.15, -0.1) is 0 Å². The Morgan fingerprint density at radius 3 is 1.66 bits per heavy atom. The van der Waals surface area contributed by atoms with E-state index in [0.29, 0.717) is 6.54 Å². The van der Waals surface area contributed by atoms with Gasteiger partial charge in [0, 0.05) is 18.4 Å². The van der Waals surface area contributed by atoms with Crippen molar-refractivity contribution in [3.63, 3.8) is 0 Å². The maximum atomic E-state index is 14.0. The molecule has 0 spiro atoms. The van der Waals surface area contributed by atoms with Crippen molar-refractivity contribution in [1.82, 2.24) is 5.32 Å². The highest BCUT2D eigenvalue weighted by Crippen LogP contribution is 2.59. The van der Waals surface area contributed by atoms with Gasteiger partial charge in [-0.3, -0.25) is 9.59 Å². The second kappa shape index (κ2) is 8.96. The summed E-state index contributed by atoms with van der Waals surface area (Å²) in [7, 11) is 0. The normalized spacial score (nSPS) is 37.2. The van der Waals surface area contributed by atoms with Crippen LogP contribution in [0.3, 0.4) is 0 Å². The molecule has 35 heavy (non-hydrogen) atoms. The minimum Gasteiger partial charge on any atom is -0.481 e. The Bertz CT molecular complexity index is 1070. The lowest BCUT2D eigenvalue weighted by Gasteiger charge is -2.57. The monoisotopic (exact) mass is 469 g/mol. The van der Waals surface area contributed by atoms with Crippen molar-refractivity contribution in [2.75, 3.05) is 6.54 Å². The molecule has 4 unspecified atom stereocenters. The number of rotatable bonds is 6. The second-order valence-corrected chi connectivity index (χ2v) is 11.8. The molecule has 0 saturated heterocycles. The van der Waals surface area contributed by atoms with Gasteiger partial charge in [-0.05, 0) is 72.8 Å². The molecule has 0 radical (unpaired) electrons. The standard InChI is InChI=1S/C31H35NO3/c33-29(32-19-31-16-20-13-21(17-31)15-22(14-20)18-31)27-25(23-7-3-1-4-8-23)11-12-26(28(27)30(34)35)24-9-5-2-6-10-24/h1-12,20-22,25-28H,13-19H2,(H,32,33)(H,34,35). The fraction of sp³-hybridized carbons (Fsp3) is 0.484. The summed E-state index contributed by atoms with van der Waals surface area (Å²) in [6, 6.07) is 19.7. The number of allylic oxidation sites excluding steroid dienone is 2. The summed E-state index contributed by atoms with van der Waals surface area (Å²) in [6.07, 6.45) is 11.9. The fourth-order valence-corrected chi connectivity index (χ4v) is 8.45. The summed E-state index contributed by atoms with van der Waals surface area (Å²) in [5.41, 5.74) is 2.16. The van der Waals surface area contributed by atoms with Crippen molar-refractivity contribution >= 4 is 11.9 Å². The molecule has 0 aromatic heterocycles. The van der Waals surface area contributed by atoms with Crippen molar-refractivity contribution in [1.29, 1.82) is 0 Å². The summed E-state index contributed by atoms with van der Waals surface area (Å²) in [6.45, 7) is 0.694. The van der Waals surface area contributed by atoms with E-state index in [1.807, 2.05) is 66.7 Å². The average Bonchev–Trinajstić information content (AvgIpc) is 2.86. The maximum absolute atomic E-state index is 14.0. The van der Waals surface area contributed by atoms with E-state index in [2.05, 4.69) is 11.4 Å². The Morgan fingerprint density at radius 1 is 0.743 bits per heavy atom. The fourth-order valence-electron chi connectivity index (χ4n) is 8.45. The molecular formula is C31H35NO3. The number of carboxylic acids is 1. The highest BCUT2D eigenvalue weighted by molar-refractivity contribution is 5.87. The number of carbonyl (C=O) groups excluding carboxylic acids is 1. The van der Waals surface area contributed by atoms with Crippen LogP contribution in [-0.4, -0.2) is 23.5 Å². The predicted molar refractivity (Wildman–Crippen MR) is 136 cm³/mol. The molecule has 182 valence electrons. The molecular weight excluding hydrogens is 434 g/mol. The van der Waals surface area contributed by atoms with E-state index in [4.69, 9.17) is 0 Å². The molecule has 4 bridgehead atoms. The molecule has 4 heteroatoms. The predicted octanol–water partition coefficient (Wildman–Crippen LogP) is 5.77. The van der Waals surface area contributed by atoms with Crippen LogP contribution in [0.25, 0.3) is 0 Å². The number of hydrogen-bond acceptors (Lipinski definition) is 2. The molecule has 4 nitrogen and oxygen atoms in total. The molecule has 5 aliphatic rings. The largest absolute Gasteiger partial charge is 0.481 e. The van der Waals surface area contributed by atoms with Crippen LogP contribution in [-0.2, 0) is 9.59 Å². The van der Waals surface area contributed by atoms with Gasteiger partial charge in [0.2, 0.25) is 5.91 Å². The Hall–Kier alpha value is -2.88. The van der Waals surface area contributed by atoms with Crippen LogP contribution in [0.5, 0.6) is 0 Å². The summed E-state index contributed by atoms with van der Waals surface area (Å²) < 4.78 is 0. The summed E-state index contributed by atoms with van der Waals surface area (Å²) in [5.74, 6) is -0.599. The smallest absolute Gasteiger partial charge is 0.308 e. The van der Waals surface area contributed by atoms with Crippen molar-refractivity contribution < 1.29 is 14.7 Å². The molecule has 4 fully saturated rings. The van der Waals surface area contributed by atoms with Crippen molar-refractivity contribution in [3.8, 4) is 0 Å². The van der Waals surface area contributed by atoms with Crippen molar-refractivity contribution in [3.05, 3.63) is 83.9 Å². The molecule has 2 aromatic rings. The number of carbonyl (C=O) groups is 2. The van der Waals surface area contributed by atoms with E-state index in [0.717, 1.165) is 28.9 Å². The first-order chi connectivity index (χ1) is 17.0. The molecule has 0 aliphatic heterocycles. The highest BCUT2D eigenvalue weighted by Gasteiger charge is 2.52. The number of nitrogens with one attached hydrogen (secondary N) is 1. The number of hydrogen-bond donors (Lipinski definition) is 2. The van der Waals surface area contributed by atoms with E-state index in [1.54, 1.807) is 0 Å². The number of aliphatic carboxylic acids is 1. The van der Waals surface area contributed by atoms with Gasteiger partial charge >= 0.3 is 5.97 Å². The Kier molecular flexibility index (Phi) is 5.78. The molecule has 7 rings (SSSR count). The Morgan fingerprint density at radius 2 is 1.20 bits per heavy atom. The zero-order chi connectivity index (χ0) is 24.0. The third kappa shape index (κ3) is 4.22. The van der Waals surface area contributed by atoms with Gasteiger partial charge in [0.15, 0.2) is 0 Å². The van der Waals surface area contributed by atoms with Crippen LogP contribution in [0.2, 0.25) is 0 Å². The summed E-state index contributed by atoms with van der Waals surface area (Å²) in [4.78, 5) is 26.7. The Labute approximate surface area is 207 Å². The molecule has 1 amide bonds. The van der Waals surface area contributed by atoms with E-state index in [-0.39, 0.29) is 23.2 Å². The SMILES string of the molecule is O=C(O)C1C(c2ccccc2)C=CC(c2ccccc2)C1C(=O)NCC12CC3CC(CC(C3)C1)C2.